The molecule has 0 aromatic carbocycles. The van der Waals surface area contributed by atoms with Gasteiger partial charge < -0.3 is 9.63 Å². The summed E-state index contributed by atoms with van der Waals surface area (Å²) in [6.07, 6.45) is 1.73. The Kier molecular flexibility index (Phi) is 3.71. The Morgan fingerprint density at radius 1 is 1.71 bits per heavy atom. The van der Waals surface area contributed by atoms with Crippen LogP contribution >= 0.6 is 11.8 Å². The maximum absolute atomic E-state index is 10.7. The van der Waals surface area contributed by atoms with Gasteiger partial charge in [0.25, 0.3) is 0 Å². The molecule has 5 nitrogen and oxygen atoms in total. The summed E-state index contributed by atoms with van der Waals surface area (Å²) in [6, 6.07) is 0. The summed E-state index contributed by atoms with van der Waals surface area (Å²) in [5.41, 5.74) is 0. The van der Waals surface area contributed by atoms with Gasteiger partial charge >= 0.3 is 5.97 Å². The summed E-state index contributed by atoms with van der Waals surface area (Å²) >= 11 is 1.78. The molecule has 0 aliphatic heterocycles. The molecule has 1 aromatic heterocycles. The SMILES string of the molecule is CCC(C)SCc1noc(C2CC2C(=O)O)n1. The summed E-state index contributed by atoms with van der Waals surface area (Å²) in [7, 11) is 0. The van der Waals surface area contributed by atoms with Crippen molar-refractivity contribution in [3.63, 3.8) is 0 Å². The second kappa shape index (κ2) is 5.08. The molecule has 6 heteroatoms. The molecule has 1 aliphatic carbocycles. The van der Waals surface area contributed by atoms with Crippen molar-refractivity contribution >= 4 is 17.7 Å². The van der Waals surface area contributed by atoms with Crippen LogP contribution in [0.15, 0.2) is 4.52 Å². The number of thioether (sulfide) groups is 1. The lowest BCUT2D eigenvalue weighted by Crippen LogP contribution is -1.99. The first-order valence-corrected chi connectivity index (χ1v) is 6.83. The molecule has 3 atom stereocenters. The topological polar surface area (TPSA) is 76.2 Å². The van der Waals surface area contributed by atoms with Gasteiger partial charge in [0.15, 0.2) is 5.82 Å². The average molecular weight is 256 g/mol. The van der Waals surface area contributed by atoms with Crippen molar-refractivity contribution in [2.75, 3.05) is 0 Å². The van der Waals surface area contributed by atoms with E-state index in [9.17, 15) is 4.79 Å². The van der Waals surface area contributed by atoms with Crippen molar-refractivity contribution in [3.8, 4) is 0 Å². The third-order valence-corrected chi connectivity index (χ3v) is 4.31. The number of carboxylic acid groups (broad SMARTS) is 1. The Morgan fingerprint density at radius 3 is 3.06 bits per heavy atom. The lowest BCUT2D eigenvalue weighted by atomic mass is 10.3. The predicted molar refractivity (Wildman–Crippen MR) is 63.8 cm³/mol. The van der Waals surface area contributed by atoms with E-state index in [1.165, 1.54) is 0 Å². The summed E-state index contributed by atoms with van der Waals surface area (Å²) in [5.74, 6) is 0.707. The van der Waals surface area contributed by atoms with Crippen molar-refractivity contribution < 1.29 is 14.4 Å². The molecule has 0 amide bonds. The van der Waals surface area contributed by atoms with Gasteiger partial charge in [0, 0.05) is 5.25 Å². The molecule has 0 bridgehead atoms. The highest BCUT2D eigenvalue weighted by atomic mass is 32.2. The average Bonchev–Trinajstić information content (AvgIpc) is 2.99. The number of aromatic nitrogens is 2. The first-order valence-electron chi connectivity index (χ1n) is 5.78. The number of rotatable bonds is 6. The summed E-state index contributed by atoms with van der Waals surface area (Å²) < 4.78 is 5.10. The van der Waals surface area contributed by atoms with Gasteiger partial charge in [-0.15, -0.1) is 0 Å². The maximum Gasteiger partial charge on any atom is 0.307 e. The van der Waals surface area contributed by atoms with Crippen molar-refractivity contribution in [1.29, 1.82) is 0 Å². The molecule has 1 fully saturated rings. The highest BCUT2D eigenvalue weighted by Gasteiger charge is 2.48. The Labute approximate surface area is 104 Å². The highest BCUT2D eigenvalue weighted by Crippen LogP contribution is 2.46. The summed E-state index contributed by atoms with van der Waals surface area (Å²) in [5, 5.41) is 13.3. The fraction of sp³-hybridized carbons (Fsp3) is 0.727. The minimum atomic E-state index is -0.774. The normalized spacial score (nSPS) is 24.6. The van der Waals surface area contributed by atoms with E-state index in [1.807, 2.05) is 0 Å². The smallest absolute Gasteiger partial charge is 0.307 e. The van der Waals surface area contributed by atoms with Crippen LogP contribution in [0.3, 0.4) is 0 Å². The molecule has 17 heavy (non-hydrogen) atoms. The summed E-state index contributed by atoms with van der Waals surface area (Å²) in [6.45, 7) is 4.30. The fourth-order valence-corrected chi connectivity index (χ4v) is 2.34. The molecule has 2 rings (SSSR count). The lowest BCUT2D eigenvalue weighted by Gasteiger charge is -2.04. The highest BCUT2D eigenvalue weighted by molar-refractivity contribution is 7.99. The zero-order valence-electron chi connectivity index (χ0n) is 9.92. The molecule has 0 spiro atoms. The van der Waals surface area contributed by atoms with Crippen molar-refractivity contribution in [3.05, 3.63) is 11.7 Å². The molecule has 1 heterocycles. The van der Waals surface area contributed by atoms with Crippen LogP contribution in [0.1, 0.15) is 44.3 Å². The Balaban J connectivity index is 1.87. The van der Waals surface area contributed by atoms with Gasteiger partial charge in [0.1, 0.15) is 0 Å². The van der Waals surface area contributed by atoms with Crippen LogP contribution in [-0.4, -0.2) is 26.5 Å². The minimum absolute atomic E-state index is 0.0673. The lowest BCUT2D eigenvalue weighted by molar-refractivity contribution is -0.138. The van der Waals surface area contributed by atoms with Crippen LogP contribution < -0.4 is 0 Å². The predicted octanol–water partition coefficient (Wildman–Crippen LogP) is 2.29. The van der Waals surface area contributed by atoms with Crippen LogP contribution in [-0.2, 0) is 10.5 Å². The Morgan fingerprint density at radius 2 is 2.47 bits per heavy atom. The maximum atomic E-state index is 10.7. The number of hydrogen-bond donors (Lipinski definition) is 1. The summed E-state index contributed by atoms with van der Waals surface area (Å²) in [4.78, 5) is 15.0. The Bertz CT molecular complexity index is 407. The van der Waals surface area contributed by atoms with Gasteiger partial charge in [-0.2, -0.15) is 16.7 Å². The minimum Gasteiger partial charge on any atom is -0.481 e. The standard InChI is InChI=1S/C11H16N2O3S/c1-3-6(2)17-5-9-12-10(16-13-9)7-4-8(7)11(14)15/h6-8H,3-5H2,1-2H3,(H,14,15). The first-order chi connectivity index (χ1) is 8.11. The second-order valence-electron chi connectivity index (χ2n) is 4.37. The van der Waals surface area contributed by atoms with Crippen molar-refractivity contribution in [2.24, 2.45) is 5.92 Å². The largest absolute Gasteiger partial charge is 0.481 e. The van der Waals surface area contributed by atoms with Gasteiger partial charge in [-0.1, -0.05) is 19.0 Å². The molecule has 1 aromatic rings. The molecule has 0 saturated heterocycles. The number of carbonyl (C=O) groups is 1. The van der Waals surface area contributed by atoms with E-state index < -0.39 is 5.97 Å². The third kappa shape index (κ3) is 3.00. The Hall–Kier alpha value is -1.04. The first kappa shape index (κ1) is 12.4. The molecular formula is C11H16N2O3S. The molecule has 94 valence electrons. The molecule has 1 aliphatic rings. The van der Waals surface area contributed by atoms with E-state index in [0.717, 1.165) is 12.2 Å². The van der Waals surface area contributed by atoms with Gasteiger partial charge in [-0.25, -0.2) is 0 Å². The van der Waals surface area contributed by atoms with Crippen LogP contribution in [0, 0.1) is 5.92 Å². The van der Waals surface area contributed by atoms with E-state index >= 15 is 0 Å². The molecule has 3 unspecified atom stereocenters. The second-order valence-corrected chi connectivity index (χ2v) is 5.79. The van der Waals surface area contributed by atoms with Crippen molar-refractivity contribution in [2.45, 2.75) is 43.6 Å². The zero-order valence-corrected chi connectivity index (χ0v) is 10.7. The fourth-order valence-electron chi connectivity index (χ4n) is 1.55. The number of hydrogen-bond acceptors (Lipinski definition) is 5. The van der Waals surface area contributed by atoms with E-state index in [-0.39, 0.29) is 11.8 Å². The third-order valence-electron chi connectivity index (χ3n) is 2.98. The number of nitrogens with zero attached hydrogens (tertiary/aromatic N) is 2. The number of aliphatic carboxylic acids is 1. The molecule has 1 N–H and O–H groups in total. The van der Waals surface area contributed by atoms with E-state index in [2.05, 4.69) is 24.0 Å². The van der Waals surface area contributed by atoms with E-state index in [4.69, 9.17) is 9.63 Å². The van der Waals surface area contributed by atoms with Gasteiger partial charge in [0.2, 0.25) is 5.89 Å². The van der Waals surface area contributed by atoms with Gasteiger partial charge in [-0.3, -0.25) is 4.79 Å². The molecular weight excluding hydrogens is 240 g/mol. The van der Waals surface area contributed by atoms with Crippen molar-refractivity contribution in [1.82, 2.24) is 10.1 Å². The van der Waals surface area contributed by atoms with Crippen LogP contribution in [0.25, 0.3) is 0 Å². The quantitative estimate of drug-likeness (QED) is 0.841. The van der Waals surface area contributed by atoms with Gasteiger partial charge in [-0.05, 0) is 12.8 Å². The molecule has 1 saturated carbocycles. The van der Waals surface area contributed by atoms with Crippen LogP contribution in [0.4, 0.5) is 0 Å². The zero-order chi connectivity index (χ0) is 12.4. The number of carboxylic acids is 1. The van der Waals surface area contributed by atoms with Crippen LogP contribution in [0.5, 0.6) is 0 Å². The van der Waals surface area contributed by atoms with Gasteiger partial charge in [0.05, 0.1) is 17.6 Å². The van der Waals surface area contributed by atoms with E-state index in [1.54, 1.807) is 11.8 Å². The van der Waals surface area contributed by atoms with E-state index in [0.29, 0.717) is 23.4 Å². The molecule has 0 radical (unpaired) electrons. The van der Waals surface area contributed by atoms with Crippen LogP contribution in [0.2, 0.25) is 0 Å². The monoisotopic (exact) mass is 256 g/mol.